The predicted octanol–water partition coefficient (Wildman–Crippen LogP) is 3.11. The van der Waals surface area contributed by atoms with Gasteiger partial charge in [0, 0.05) is 5.56 Å². The first-order valence-electron chi connectivity index (χ1n) is 4.63. The van der Waals surface area contributed by atoms with E-state index >= 15 is 0 Å². The first kappa shape index (κ1) is 8.75. The lowest BCUT2D eigenvalue weighted by Gasteiger charge is -1.92. The van der Waals surface area contributed by atoms with Gasteiger partial charge in [-0.05, 0) is 19.1 Å². The Labute approximate surface area is 83.3 Å². The third kappa shape index (κ3) is 1.74. The largest absolute Gasteiger partial charge is 0.278 e. The van der Waals surface area contributed by atoms with Crippen LogP contribution in [0.5, 0.6) is 0 Å². The zero-order valence-corrected chi connectivity index (χ0v) is 8.07. The van der Waals surface area contributed by atoms with Crippen LogP contribution in [-0.2, 0) is 0 Å². The molecule has 0 saturated carbocycles. The van der Waals surface area contributed by atoms with E-state index in [1.165, 1.54) is 0 Å². The van der Waals surface area contributed by atoms with Gasteiger partial charge in [-0.25, -0.2) is 0 Å². The van der Waals surface area contributed by atoms with Gasteiger partial charge < -0.3 is 0 Å². The fourth-order valence-electron chi connectivity index (χ4n) is 1.36. The van der Waals surface area contributed by atoms with Crippen LogP contribution in [0, 0.1) is 0 Å². The number of hydrogen-bond donors (Lipinski definition) is 1. The summed E-state index contributed by atoms with van der Waals surface area (Å²) >= 11 is 0. The third-order valence-electron chi connectivity index (χ3n) is 2.01. The summed E-state index contributed by atoms with van der Waals surface area (Å²) < 4.78 is 0. The molecule has 0 spiro atoms. The zero-order valence-electron chi connectivity index (χ0n) is 8.07. The molecule has 0 fully saturated rings. The minimum Gasteiger partial charge on any atom is -0.278 e. The Balaban J connectivity index is 2.34. The first-order valence-corrected chi connectivity index (χ1v) is 4.63. The number of benzene rings is 1. The van der Waals surface area contributed by atoms with Crippen LogP contribution in [0.4, 0.5) is 0 Å². The lowest BCUT2D eigenvalue weighted by Crippen LogP contribution is -1.75. The maximum absolute atomic E-state index is 4.23. The van der Waals surface area contributed by atoms with Crippen LogP contribution in [0.2, 0.25) is 0 Å². The van der Waals surface area contributed by atoms with Crippen molar-refractivity contribution in [3.8, 4) is 11.3 Å². The van der Waals surface area contributed by atoms with E-state index in [9.17, 15) is 0 Å². The van der Waals surface area contributed by atoms with Crippen molar-refractivity contribution in [3.63, 3.8) is 0 Å². The number of rotatable bonds is 2. The molecule has 2 heteroatoms. The van der Waals surface area contributed by atoms with Crippen LogP contribution in [0.25, 0.3) is 17.3 Å². The van der Waals surface area contributed by atoms with E-state index in [2.05, 4.69) is 22.3 Å². The number of nitrogens with one attached hydrogen (secondary N) is 1. The Hall–Kier alpha value is -1.83. The molecule has 2 aromatic rings. The Morgan fingerprint density at radius 1 is 1.21 bits per heavy atom. The molecule has 0 aliphatic carbocycles. The van der Waals surface area contributed by atoms with Gasteiger partial charge in [0.1, 0.15) is 0 Å². The molecule has 0 unspecified atom stereocenters. The van der Waals surface area contributed by atoms with Crippen molar-refractivity contribution >= 4 is 6.08 Å². The van der Waals surface area contributed by atoms with Crippen molar-refractivity contribution in [2.45, 2.75) is 6.92 Å². The average molecular weight is 184 g/mol. The molecule has 0 aliphatic rings. The molecule has 1 heterocycles. The van der Waals surface area contributed by atoms with Crippen molar-refractivity contribution in [1.82, 2.24) is 10.2 Å². The highest BCUT2D eigenvalue weighted by atomic mass is 15.1. The van der Waals surface area contributed by atoms with Gasteiger partial charge in [0.15, 0.2) is 0 Å². The molecule has 2 rings (SSSR count). The second-order valence-corrected chi connectivity index (χ2v) is 3.07. The lowest BCUT2D eigenvalue weighted by molar-refractivity contribution is 1.08. The second-order valence-electron chi connectivity index (χ2n) is 3.07. The molecule has 0 amide bonds. The smallest absolute Gasteiger partial charge is 0.0926 e. The van der Waals surface area contributed by atoms with Gasteiger partial charge in [0.2, 0.25) is 0 Å². The Kier molecular flexibility index (Phi) is 2.45. The van der Waals surface area contributed by atoms with Gasteiger partial charge in [-0.1, -0.05) is 36.4 Å². The fourth-order valence-corrected chi connectivity index (χ4v) is 1.36. The Morgan fingerprint density at radius 2 is 2.00 bits per heavy atom. The number of hydrogen-bond acceptors (Lipinski definition) is 1. The molecule has 0 bridgehead atoms. The maximum Gasteiger partial charge on any atom is 0.0926 e. The average Bonchev–Trinajstić information content (AvgIpc) is 2.68. The first-order chi connectivity index (χ1) is 6.90. The van der Waals surface area contributed by atoms with E-state index in [-0.39, 0.29) is 0 Å². The Bertz CT molecular complexity index is 427. The van der Waals surface area contributed by atoms with Crippen LogP contribution < -0.4 is 0 Å². The summed E-state index contributed by atoms with van der Waals surface area (Å²) in [4.78, 5) is 0. The standard InChI is InChI=1S/C12H12N2/c1-2-6-11-9-12(14-13-11)10-7-4-3-5-8-10/h2-9H,1H3,(H,13,14). The summed E-state index contributed by atoms with van der Waals surface area (Å²) in [6.07, 6.45) is 3.99. The van der Waals surface area contributed by atoms with E-state index < -0.39 is 0 Å². The van der Waals surface area contributed by atoms with E-state index in [0.29, 0.717) is 0 Å². The fraction of sp³-hybridized carbons (Fsp3) is 0.0833. The molecule has 70 valence electrons. The monoisotopic (exact) mass is 184 g/mol. The zero-order chi connectivity index (χ0) is 9.80. The van der Waals surface area contributed by atoms with Gasteiger partial charge in [0.05, 0.1) is 11.4 Å². The minimum absolute atomic E-state index is 0.985. The summed E-state index contributed by atoms with van der Waals surface area (Å²) in [5, 5.41) is 7.20. The number of nitrogens with zero attached hydrogens (tertiary/aromatic N) is 1. The molecule has 1 aromatic heterocycles. The number of H-pyrrole nitrogens is 1. The Morgan fingerprint density at radius 3 is 2.71 bits per heavy atom. The number of aromatic nitrogens is 2. The highest BCUT2D eigenvalue weighted by Crippen LogP contribution is 2.17. The predicted molar refractivity (Wildman–Crippen MR) is 58.7 cm³/mol. The van der Waals surface area contributed by atoms with Crippen LogP contribution in [0.1, 0.15) is 12.6 Å². The van der Waals surface area contributed by atoms with Crippen molar-refractivity contribution in [1.29, 1.82) is 0 Å². The molecule has 1 N–H and O–H groups in total. The third-order valence-corrected chi connectivity index (χ3v) is 2.01. The summed E-state index contributed by atoms with van der Waals surface area (Å²) in [7, 11) is 0. The molecule has 1 aromatic carbocycles. The van der Waals surface area contributed by atoms with Crippen molar-refractivity contribution in [2.24, 2.45) is 0 Å². The minimum atomic E-state index is 0.985. The van der Waals surface area contributed by atoms with E-state index in [1.54, 1.807) is 0 Å². The number of aromatic amines is 1. The van der Waals surface area contributed by atoms with E-state index in [4.69, 9.17) is 0 Å². The van der Waals surface area contributed by atoms with Crippen LogP contribution in [-0.4, -0.2) is 10.2 Å². The molecule has 0 atom stereocenters. The van der Waals surface area contributed by atoms with Crippen LogP contribution in [0.3, 0.4) is 0 Å². The number of allylic oxidation sites excluding steroid dienone is 1. The van der Waals surface area contributed by atoms with Gasteiger partial charge >= 0.3 is 0 Å². The maximum atomic E-state index is 4.23. The van der Waals surface area contributed by atoms with Crippen molar-refractivity contribution in [2.75, 3.05) is 0 Å². The normalized spacial score (nSPS) is 10.9. The summed E-state index contributed by atoms with van der Waals surface area (Å²) in [6.45, 7) is 1.99. The quantitative estimate of drug-likeness (QED) is 0.763. The highest BCUT2D eigenvalue weighted by Gasteiger charge is 1.99. The van der Waals surface area contributed by atoms with E-state index in [0.717, 1.165) is 17.0 Å². The topological polar surface area (TPSA) is 28.7 Å². The van der Waals surface area contributed by atoms with E-state index in [1.807, 2.05) is 43.3 Å². The molecule has 2 nitrogen and oxygen atoms in total. The molecule has 0 aliphatic heterocycles. The van der Waals surface area contributed by atoms with Crippen molar-refractivity contribution < 1.29 is 0 Å². The van der Waals surface area contributed by atoms with Crippen LogP contribution >= 0.6 is 0 Å². The molecule has 0 radical (unpaired) electrons. The summed E-state index contributed by atoms with van der Waals surface area (Å²) in [5.41, 5.74) is 3.16. The van der Waals surface area contributed by atoms with Gasteiger partial charge in [-0.15, -0.1) is 0 Å². The van der Waals surface area contributed by atoms with Crippen LogP contribution in [0.15, 0.2) is 42.5 Å². The van der Waals surface area contributed by atoms with Crippen molar-refractivity contribution in [3.05, 3.63) is 48.2 Å². The highest BCUT2D eigenvalue weighted by molar-refractivity contribution is 5.62. The summed E-state index contributed by atoms with van der Waals surface area (Å²) in [5.74, 6) is 0. The lowest BCUT2D eigenvalue weighted by atomic mass is 10.1. The van der Waals surface area contributed by atoms with Gasteiger partial charge in [-0.2, -0.15) is 5.10 Å². The molecule has 0 saturated heterocycles. The van der Waals surface area contributed by atoms with Gasteiger partial charge in [0.25, 0.3) is 0 Å². The second kappa shape index (κ2) is 3.92. The molecular weight excluding hydrogens is 172 g/mol. The van der Waals surface area contributed by atoms with Gasteiger partial charge in [-0.3, -0.25) is 5.10 Å². The molecule has 14 heavy (non-hydrogen) atoms. The summed E-state index contributed by atoms with van der Waals surface area (Å²) in [6, 6.07) is 12.2. The molecular formula is C12H12N2. The SMILES string of the molecule is CC=Cc1cc(-c2ccccc2)n[nH]1.